The Labute approximate surface area is 99.9 Å². The highest BCUT2D eigenvalue weighted by Crippen LogP contribution is 2.08. The maximum Gasteiger partial charge on any atom is 0.189 e. The third-order valence-corrected chi connectivity index (χ3v) is 2.49. The lowest BCUT2D eigenvalue weighted by molar-refractivity contribution is 0.818. The van der Waals surface area contributed by atoms with Crippen molar-refractivity contribution in [3.63, 3.8) is 0 Å². The van der Waals surface area contributed by atoms with Crippen LogP contribution in [0.2, 0.25) is 0 Å². The van der Waals surface area contributed by atoms with Crippen molar-refractivity contribution in [1.29, 1.82) is 0 Å². The van der Waals surface area contributed by atoms with Gasteiger partial charge in [-0.15, -0.1) is 0 Å². The molecule has 17 heavy (non-hydrogen) atoms. The van der Waals surface area contributed by atoms with E-state index in [2.05, 4.69) is 22.1 Å². The zero-order chi connectivity index (χ0) is 12.1. The molecule has 1 aromatic heterocycles. The summed E-state index contributed by atoms with van der Waals surface area (Å²) in [6.45, 7) is 0.886. The summed E-state index contributed by atoms with van der Waals surface area (Å²) in [6, 6.07) is 7.13. The van der Waals surface area contributed by atoms with E-state index in [4.69, 9.17) is 0 Å². The van der Waals surface area contributed by atoms with E-state index in [9.17, 15) is 4.79 Å². The van der Waals surface area contributed by atoms with Crippen molar-refractivity contribution in [2.24, 2.45) is 0 Å². The van der Waals surface area contributed by atoms with Gasteiger partial charge in [0, 0.05) is 36.2 Å². The number of aromatic amines is 1. The second kappa shape index (κ2) is 5.33. The maximum absolute atomic E-state index is 11.5. The minimum absolute atomic E-state index is 0.0356. The van der Waals surface area contributed by atoms with E-state index in [1.165, 1.54) is 6.07 Å². The van der Waals surface area contributed by atoms with Gasteiger partial charge >= 0.3 is 0 Å². The third kappa shape index (κ3) is 2.74. The standard InChI is InChI=1S/C14H14N2O/c1-15-8-3-2-4-11-5-6-12-13(10-11)16-9-7-14(12)17/h5-7,9-10,15H,3,8H2,1H3,(H,16,17). The highest BCUT2D eigenvalue weighted by molar-refractivity contribution is 5.79. The molecule has 0 unspecified atom stereocenters. The first-order chi connectivity index (χ1) is 8.31. The fourth-order valence-electron chi connectivity index (χ4n) is 1.61. The van der Waals surface area contributed by atoms with Crippen LogP contribution in [0.25, 0.3) is 10.9 Å². The van der Waals surface area contributed by atoms with Crippen molar-refractivity contribution in [2.75, 3.05) is 13.6 Å². The molecule has 3 heteroatoms. The first kappa shape index (κ1) is 11.4. The summed E-state index contributed by atoms with van der Waals surface area (Å²) < 4.78 is 0. The number of hydrogen-bond acceptors (Lipinski definition) is 2. The van der Waals surface area contributed by atoms with E-state index >= 15 is 0 Å². The number of hydrogen-bond donors (Lipinski definition) is 2. The molecule has 86 valence electrons. The SMILES string of the molecule is CNCCC#Cc1ccc2c(=O)cc[nH]c2c1. The van der Waals surface area contributed by atoms with Crippen molar-refractivity contribution < 1.29 is 0 Å². The molecule has 1 heterocycles. The van der Waals surface area contributed by atoms with Crippen LogP contribution in [0.4, 0.5) is 0 Å². The molecule has 0 saturated carbocycles. The molecule has 0 saturated heterocycles. The van der Waals surface area contributed by atoms with E-state index < -0.39 is 0 Å². The highest BCUT2D eigenvalue weighted by Gasteiger charge is 1.97. The summed E-state index contributed by atoms with van der Waals surface area (Å²) in [7, 11) is 1.91. The van der Waals surface area contributed by atoms with Crippen LogP contribution in [0.5, 0.6) is 0 Å². The normalized spacial score (nSPS) is 9.94. The number of fused-ring (bicyclic) bond motifs is 1. The van der Waals surface area contributed by atoms with Gasteiger partial charge in [-0.2, -0.15) is 0 Å². The molecule has 2 rings (SSSR count). The Hall–Kier alpha value is -2.05. The maximum atomic E-state index is 11.5. The number of H-pyrrole nitrogens is 1. The lowest BCUT2D eigenvalue weighted by Crippen LogP contribution is -2.05. The van der Waals surface area contributed by atoms with Crippen molar-refractivity contribution >= 4 is 10.9 Å². The molecule has 2 N–H and O–H groups in total. The van der Waals surface area contributed by atoms with Crippen LogP contribution in [0.3, 0.4) is 0 Å². The molecule has 2 aromatic rings. The van der Waals surface area contributed by atoms with Gasteiger partial charge in [-0.05, 0) is 25.2 Å². The van der Waals surface area contributed by atoms with Gasteiger partial charge in [-0.25, -0.2) is 0 Å². The number of benzene rings is 1. The van der Waals surface area contributed by atoms with Gasteiger partial charge in [-0.3, -0.25) is 4.79 Å². The van der Waals surface area contributed by atoms with Crippen molar-refractivity contribution in [1.82, 2.24) is 10.3 Å². The lowest BCUT2D eigenvalue weighted by atomic mass is 10.1. The zero-order valence-corrected chi connectivity index (χ0v) is 9.71. The second-order valence-corrected chi connectivity index (χ2v) is 3.76. The minimum Gasteiger partial charge on any atom is -0.361 e. The smallest absolute Gasteiger partial charge is 0.189 e. The van der Waals surface area contributed by atoms with E-state index in [0.717, 1.165) is 24.0 Å². The molecule has 1 aromatic carbocycles. The van der Waals surface area contributed by atoms with Gasteiger partial charge in [-0.1, -0.05) is 11.8 Å². The monoisotopic (exact) mass is 226 g/mol. The van der Waals surface area contributed by atoms with E-state index in [1.807, 2.05) is 25.2 Å². The number of aromatic nitrogens is 1. The second-order valence-electron chi connectivity index (χ2n) is 3.76. The fraction of sp³-hybridized carbons (Fsp3) is 0.214. The van der Waals surface area contributed by atoms with E-state index in [-0.39, 0.29) is 5.43 Å². The average Bonchev–Trinajstić information content (AvgIpc) is 2.35. The summed E-state index contributed by atoms with van der Waals surface area (Å²) in [5.41, 5.74) is 1.79. The topological polar surface area (TPSA) is 44.9 Å². The predicted molar refractivity (Wildman–Crippen MR) is 70.0 cm³/mol. The molecule has 0 bridgehead atoms. The number of pyridine rings is 1. The summed E-state index contributed by atoms with van der Waals surface area (Å²) >= 11 is 0. The predicted octanol–water partition coefficient (Wildman–Crippen LogP) is 1.49. The van der Waals surface area contributed by atoms with Gasteiger partial charge in [0.15, 0.2) is 5.43 Å². The largest absolute Gasteiger partial charge is 0.361 e. The van der Waals surface area contributed by atoms with Crippen LogP contribution in [0, 0.1) is 11.8 Å². The van der Waals surface area contributed by atoms with Crippen molar-refractivity contribution in [3.05, 3.63) is 46.2 Å². The van der Waals surface area contributed by atoms with Crippen molar-refractivity contribution in [2.45, 2.75) is 6.42 Å². The van der Waals surface area contributed by atoms with Gasteiger partial charge in [0.25, 0.3) is 0 Å². The molecular formula is C14H14N2O. The fourth-order valence-corrected chi connectivity index (χ4v) is 1.61. The Kier molecular flexibility index (Phi) is 3.59. The first-order valence-corrected chi connectivity index (χ1v) is 5.56. The van der Waals surface area contributed by atoms with Crippen LogP contribution < -0.4 is 10.7 Å². The van der Waals surface area contributed by atoms with Crippen LogP contribution in [0.1, 0.15) is 12.0 Å². The van der Waals surface area contributed by atoms with Crippen LogP contribution in [-0.2, 0) is 0 Å². The summed E-state index contributed by atoms with van der Waals surface area (Å²) in [5.74, 6) is 6.16. The molecule has 0 spiro atoms. The Morgan fingerprint density at radius 3 is 3.06 bits per heavy atom. The summed E-state index contributed by atoms with van der Waals surface area (Å²) in [6.07, 6.45) is 2.47. The van der Waals surface area contributed by atoms with Gasteiger partial charge in [0.05, 0.1) is 5.52 Å². The van der Waals surface area contributed by atoms with Crippen LogP contribution >= 0.6 is 0 Å². The Balaban J connectivity index is 2.31. The zero-order valence-electron chi connectivity index (χ0n) is 9.71. The van der Waals surface area contributed by atoms with Gasteiger partial charge in [0.2, 0.25) is 0 Å². The molecule has 0 radical (unpaired) electrons. The van der Waals surface area contributed by atoms with E-state index in [0.29, 0.717) is 5.39 Å². The van der Waals surface area contributed by atoms with E-state index in [1.54, 1.807) is 6.20 Å². The molecule has 3 nitrogen and oxygen atoms in total. The molecule has 0 aliphatic carbocycles. The molecule has 0 atom stereocenters. The van der Waals surface area contributed by atoms with Crippen LogP contribution in [0.15, 0.2) is 35.3 Å². The molecule has 0 fully saturated rings. The summed E-state index contributed by atoms with van der Waals surface area (Å²) in [5, 5.41) is 3.74. The van der Waals surface area contributed by atoms with Gasteiger partial charge < -0.3 is 10.3 Å². The third-order valence-electron chi connectivity index (χ3n) is 2.49. The van der Waals surface area contributed by atoms with Gasteiger partial charge in [0.1, 0.15) is 0 Å². The highest BCUT2D eigenvalue weighted by atomic mass is 16.1. The summed E-state index contributed by atoms with van der Waals surface area (Å²) in [4.78, 5) is 14.6. The number of nitrogens with one attached hydrogen (secondary N) is 2. The molecule has 0 aliphatic rings. The molecule has 0 aliphatic heterocycles. The quantitative estimate of drug-likeness (QED) is 0.602. The minimum atomic E-state index is 0.0356. The average molecular weight is 226 g/mol. The number of rotatable bonds is 2. The Morgan fingerprint density at radius 1 is 1.35 bits per heavy atom. The first-order valence-electron chi connectivity index (χ1n) is 5.56. The molecule has 0 amide bonds. The Morgan fingerprint density at radius 2 is 2.24 bits per heavy atom. The van der Waals surface area contributed by atoms with Crippen LogP contribution in [-0.4, -0.2) is 18.6 Å². The lowest BCUT2D eigenvalue weighted by Gasteiger charge is -1.97. The van der Waals surface area contributed by atoms with Crippen molar-refractivity contribution in [3.8, 4) is 11.8 Å². The molecular weight excluding hydrogens is 212 g/mol. The Bertz CT molecular complexity index is 632.